The molecule has 0 amide bonds. The monoisotopic (exact) mass is 380 g/mol. The van der Waals surface area contributed by atoms with Crippen molar-refractivity contribution in [3.8, 4) is 5.75 Å². The summed E-state index contributed by atoms with van der Waals surface area (Å²) in [6.45, 7) is 4.70. The third-order valence-electron chi connectivity index (χ3n) is 4.49. The quantitative estimate of drug-likeness (QED) is 0.813. The number of nitrogens with zero attached hydrogens (tertiary/aromatic N) is 2. The maximum Gasteiger partial charge on any atom is 0.243 e. The lowest BCUT2D eigenvalue weighted by Crippen LogP contribution is -2.44. The van der Waals surface area contributed by atoms with Gasteiger partial charge in [-0.3, -0.25) is 4.98 Å². The van der Waals surface area contributed by atoms with Crippen LogP contribution in [-0.4, -0.2) is 36.9 Å². The standard InChI is InChI=1S/C18H21ClN2O3S/c1-13-5-6-16(10-14(13)2)25(22,23)21-9-3-4-15(12-21)24-18-7-8-20-11-17(18)19/h5-8,10-11,15H,3-4,9,12H2,1-2H3. The molecule has 1 aromatic carbocycles. The summed E-state index contributed by atoms with van der Waals surface area (Å²) in [6.07, 6.45) is 4.43. The average molecular weight is 381 g/mol. The van der Waals surface area contributed by atoms with Crippen LogP contribution in [0.5, 0.6) is 5.75 Å². The zero-order valence-electron chi connectivity index (χ0n) is 14.3. The highest BCUT2D eigenvalue weighted by Gasteiger charge is 2.31. The molecule has 0 bridgehead atoms. The fourth-order valence-corrected chi connectivity index (χ4v) is 4.64. The molecule has 0 N–H and O–H groups in total. The van der Waals surface area contributed by atoms with Crippen LogP contribution < -0.4 is 4.74 Å². The molecule has 7 heteroatoms. The van der Waals surface area contributed by atoms with E-state index < -0.39 is 10.0 Å². The highest BCUT2D eigenvalue weighted by molar-refractivity contribution is 7.89. The molecule has 2 heterocycles. The molecule has 1 aliphatic heterocycles. The maximum atomic E-state index is 12.9. The Bertz CT molecular complexity index is 870. The molecule has 0 saturated carbocycles. The number of halogens is 1. The van der Waals surface area contributed by atoms with Crippen LogP contribution in [0.2, 0.25) is 5.02 Å². The first-order valence-corrected chi connectivity index (χ1v) is 10.0. The van der Waals surface area contributed by atoms with Crippen molar-refractivity contribution in [3.63, 3.8) is 0 Å². The molecule has 134 valence electrons. The lowest BCUT2D eigenvalue weighted by molar-refractivity contribution is 0.130. The molecule has 1 saturated heterocycles. The van der Waals surface area contributed by atoms with Crippen LogP contribution in [0, 0.1) is 13.8 Å². The lowest BCUT2D eigenvalue weighted by atomic mass is 10.1. The maximum absolute atomic E-state index is 12.9. The summed E-state index contributed by atoms with van der Waals surface area (Å²) in [5.74, 6) is 0.534. The summed E-state index contributed by atoms with van der Waals surface area (Å²) in [7, 11) is -3.53. The van der Waals surface area contributed by atoms with Crippen molar-refractivity contribution < 1.29 is 13.2 Å². The molecule has 1 unspecified atom stereocenters. The number of sulfonamides is 1. The Morgan fingerprint density at radius 3 is 2.76 bits per heavy atom. The molecule has 2 aromatic rings. The van der Waals surface area contributed by atoms with Crippen LogP contribution in [0.15, 0.2) is 41.6 Å². The van der Waals surface area contributed by atoms with E-state index in [4.69, 9.17) is 16.3 Å². The molecule has 0 radical (unpaired) electrons. The Hall–Kier alpha value is -1.63. The summed E-state index contributed by atoms with van der Waals surface area (Å²) < 4.78 is 33.3. The van der Waals surface area contributed by atoms with Gasteiger partial charge in [-0.25, -0.2) is 8.42 Å². The average Bonchev–Trinajstić information content (AvgIpc) is 2.59. The van der Waals surface area contributed by atoms with Crippen molar-refractivity contribution in [2.75, 3.05) is 13.1 Å². The number of benzene rings is 1. The van der Waals surface area contributed by atoms with Crippen LogP contribution in [0.3, 0.4) is 0 Å². The molecule has 1 aromatic heterocycles. The first kappa shape index (κ1) is 18.2. The van der Waals surface area contributed by atoms with E-state index in [0.717, 1.165) is 24.0 Å². The number of piperidine rings is 1. The summed E-state index contributed by atoms with van der Waals surface area (Å²) in [5, 5.41) is 0.427. The van der Waals surface area contributed by atoms with E-state index in [1.807, 2.05) is 19.9 Å². The summed E-state index contributed by atoms with van der Waals surface area (Å²) in [4.78, 5) is 4.26. The number of hydrogen-bond acceptors (Lipinski definition) is 4. The van der Waals surface area contributed by atoms with Crippen molar-refractivity contribution in [1.29, 1.82) is 0 Å². The van der Waals surface area contributed by atoms with Crippen molar-refractivity contribution >= 4 is 21.6 Å². The minimum absolute atomic E-state index is 0.227. The van der Waals surface area contributed by atoms with Crippen molar-refractivity contribution in [2.45, 2.75) is 37.7 Å². The Morgan fingerprint density at radius 1 is 1.24 bits per heavy atom. The number of ether oxygens (including phenoxy) is 1. The fraction of sp³-hybridized carbons (Fsp3) is 0.389. The van der Waals surface area contributed by atoms with Gasteiger partial charge in [0.2, 0.25) is 10.0 Å². The number of aromatic nitrogens is 1. The number of pyridine rings is 1. The van der Waals surface area contributed by atoms with E-state index in [1.54, 1.807) is 24.4 Å². The van der Waals surface area contributed by atoms with Crippen LogP contribution >= 0.6 is 11.6 Å². The number of rotatable bonds is 4. The van der Waals surface area contributed by atoms with Crippen molar-refractivity contribution in [3.05, 3.63) is 52.8 Å². The molecule has 1 aliphatic rings. The van der Waals surface area contributed by atoms with E-state index in [0.29, 0.717) is 28.8 Å². The molecular formula is C18H21ClN2O3S. The molecule has 3 rings (SSSR count). The van der Waals surface area contributed by atoms with Crippen LogP contribution in [-0.2, 0) is 10.0 Å². The van der Waals surface area contributed by atoms with Gasteiger partial charge in [-0.15, -0.1) is 0 Å². The van der Waals surface area contributed by atoms with Gasteiger partial charge in [0.15, 0.2) is 0 Å². The molecule has 0 aliphatic carbocycles. The second-order valence-corrected chi connectivity index (χ2v) is 8.64. The molecule has 25 heavy (non-hydrogen) atoms. The van der Waals surface area contributed by atoms with Gasteiger partial charge in [0.1, 0.15) is 16.9 Å². The number of aryl methyl sites for hydroxylation is 2. The van der Waals surface area contributed by atoms with Gasteiger partial charge in [-0.1, -0.05) is 17.7 Å². The smallest absolute Gasteiger partial charge is 0.243 e. The van der Waals surface area contributed by atoms with Gasteiger partial charge >= 0.3 is 0 Å². The third-order valence-corrected chi connectivity index (χ3v) is 6.63. The van der Waals surface area contributed by atoms with Crippen LogP contribution in [0.25, 0.3) is 0 Å². The van der Waals surface area contributed by atoms with Crippen molar-refractivity contribution in [1.82, 2.24) is 9.29 Å². The zero-order chi connectivity index (χ0) is 18.0. The second-order valence-electron chi connectivity index (χ2n) is 6.30. The van der Waals surface area contributed by atoms with E-state index in [9.17, 15) is 8.42 Å². The Balaban J connectivity index is 1.78. The molecule has 1 fully saturated rings. The first-order chi connectivity index (χ1) is 11.9. The topological polar surface area (TPSA) is 59.5 Å². The SMILES string of the molecule is Cc1ccc(S(=O)(=O)N2CCCC(Oc3ccncc3Cl)C2)cc1C. The van der Waals surface area contributed by atoms with E-state index in [1.165, 1.54) is 10.5 Å². The van der Waals surface area contributed by atoms with Gasteiger partial charge in [-0.05, 0) is 49.9 Å². The third kappa shape index (κ3) is 3.97. The second kappa shape index (κ2) is 7.32. The van der Waals surface area contributed by atoms with Gasteiger partial charge in [0, 0.05) is 25.0 Å². The normalized spacial score (nSPS) is 18.9. The van der Waals surface area contributed by atoms with Gasteiger partial charge in [0.05, 0.1) is 11.4 Å². The van der Waals surface area contributed by atoms with E-state index >= 15 is 0 Å². The van der Waals surface area contributed by atoms with Gasteiger partial charge in [-0.2, -0.15) is 4.31 Å². The minimum atomic E-state index is -3.53. The van der Waals surface area contributed by atoms with Gasteiger partial charge in [0.25, 0.3) is 0 Å². The summed E-state index contributed by atoms with van der Waals surface area (Å²) in [6, 6.07) is 6.94. The van der Waals surface area contributed by atoms with Crippen LogP contribution in [0.1, 0.15) is 24.0 Å². The van der Waals surface area contributed by atoms with Crippen LogP contribution in [0.4, 0.5) is 0 Å². The summed E-state index contributed by atoms with van der Waals surface area (Å²) >= 11 is 6.08. The highest BCUT2D eigenvalue weighted by atomic mass is 35.5. The predicted molar refractivity (Wildman–Crippen MR) is 97.6 cm³/mol. The predicted octanol–water partition coefficient (Wildman–Crippen LogP) is 3.58. The number of hydrogen-bond donors (Lipinski definition) is 0. The molecular weight excluding hydrogens is 360 g/mol. The minimum Gasteiger partial charge on any atom is -0.487 e. The van der Waals surface area contributed by atoms with E-state index in [-0.39, 0.29) is 6.10 Å². The zero-order valence-corrected chi connectivity index (χ0v) is 15.8. The molecule has 5 nitrogen and oxygen atoms in total. The Kier molecular flexibility index (Phi) is 5.32. The first-order valence-electron chi connectivity index (χ1n) is 8.21. The summed E-state index contributed by atoms with van der Waals surface area (Å²) in [5.41, 5.74) is 2.04. The molecule has 0 spiro atoms. The van der Waals surface area contributed by atoms with Crippen molar-refractivity contribution in [2.24, 2.45) is 0 Å². The fourth-order valence-electron chi connectivity index (χ4n) is 2.88. The van der Waals surface area contributed by atoms with E-state index in [2.05, 4.69) is 4.98 Å². The van der Waals surface area contributed by atoms with Gasteiger partial charge < -0.3 is 4.74 Å². The lowest BCUT2D eigenvalue weighted by Gasteiger charge is -2.32. The molecule has 1 atom stereocenters. The highest BCUT2D eigenvalue weighted by Crippen LogP contribution is 2.28. The largest absolute Gasteiger partial charge is 0.487 e. The Labute approximate surface area is 153 Å². The Morgan fingerprint density at radius 2 is 2.04 bits per heavy atom.